The number of aromatic nitrogens is 2. The molecule has 0 radical (unpaired) electrons. The van der Waals surface area contributed by atoms with Gasteiger partial charge in [-0.1, -0.05) is 43.0 Å². The molecule has 0 unspecified atom stereocenters. The van der Waals surface area contributed by atoms with E-state index in [0.29, 0.717) is 57.6 Å². The molecule has 14 heteroatoms. The van der Waals surface area contributed by atoms with Gasteiger partial charge in [-0.15, -0.1) is 0 Å². The van der Waals surface area contributed by atoms with Crippen molar-refractivity contribution in [3.8, 4) is 11.3 Å². The number of nitrogens with two attached hydrogens (primary N) is 2. The van der Waals surface area contributed by atoms with E-state index in [1.54, 1.807) is 48.7 Å². The van der Waals surface area contributed by atoms with E-state index in [1.165, 1.54) is 24.5 Å². The van der Waals surface area contributed by atoms with Crippen molar-refractivity contribution in [3.05, 3.63) is 76.7 Å². The second-order valence-electron chi connectivity index (χ2n) is 10.9. The number of unbranched alkanes of at least 4 members (excludes halogenated alkanes) is 2. The molecular weight excluding hydrogens is 622 g/mol. The zero-order valence-corrected chi connectivity index (χ0v) is 27.1. The van der Waals surface area contributed by atoms with Crippen molar-refractivity contribution in [1.82, 2.24) is 15.3 Å². The molecule has 3 amide bonds. The first kappa shape index (κ1) is 34.7. The number of hydrogen-bond donors (Lipinski definition) is 6. The SMILES string of the molecule is CCCCC/C1=C\C[C@H](NC(=O)/C=C/c2cc(Cl)ccc2N(N)/C=N\N)c2ncc([nH]2)-c2ccc(NC(=O)OC)cc2NC(=O)CC1. The number of anilines is 3. The van der Waals surface area contributed by atoms with Crippen LogP contribution in [0, 0.1) is 0 Å². The smallest absolute Gasteiger partial charge is 0.411 e. The molecule has 1 aliphatic heterocycles. The Morgan fingerprint density at radius 3 is 2.81 bits per heavy atom. The van der Waals surface area contributed by atoms with Gasteiger partial charge in [0.15, 0.2) is 0 Å². The van der Waals surface area contributed by atoms with Crippen molar-refractivity contribution in [3.63, 3.8) is 0 Å². The number of methoxy groups -OCH3 is 1. The van der Waals surface area contributed by atoms with Crippen LogP contribution in [0.25, 0.3) is 17.3 Å². The van der Waals surface area contributed by atoms with Crippen LogP contribution in [0.4, 0.5) is 21.9 Å². The number of allylic oxidation sites excluding steroid dienone is 1. The Labute approximate surface area is 278 Å². The fraction of sp³-hybridized carbons (Fsp3) is 0.303. The Kier molecular flexibility index (Phi) is 12.5. The fourth-order valence-electron chi connectivity index (χ4n) is 5.13. The van der Waals surface area contributed by atoms with Crippen LogP contribution in [-0.4, -0.2) is 41.3 Å². The predicted octanol–water partition coefficient (Wildman–Crippen LogP) is 5.99. The molecule has 2 heterocycles. The number of nitrogens with one attached hydrogen (secondary N) is 4. The highest BCUT2D eigenvalue weighted by atomic mass is 35.5. The van der Waals surface area contributed by atoms with Crippen molar-refractivity contribution >= 4 is 59.0 Å². The molecule has 248 valence electrons. The Balaban J connectivity index is 1.67. The fourth-order valence-corrected chi connectivity index (χ4v) is 5.32. The Hall–Kier alpha value is -5.14. The van der Waals surface area contributed by atoms with Crippen LogP contribution in [-0.2, 0) is 14.3 Å². The summed E-state index contributed by atoms with van der Waals surface area (Å²) >= 11 is 6.21. The van der Waals surface area contributed by atoms with Gasteiger partial charge in [0.1, 0.15) is 12.2 Å². The van der Waals surface area contributed by atoms with E-state index in [-0.39, 0.29) is 18.2 Å². The first-order valence-electron chi connectivity index (χ1n) is 15.3. The van der Waals surface area contributed by atoms with Crippen LogP contribution in [0.2, 0.25) is 5.02 Å². The highest BCUT2D eigenvalue weighted by Gasteiger charge is 2.20. The number of benzene rings is 2. The maximum absolute atomic E-state index is 13.3. The van der Waals surface area contributed by atoms with E-state index in [0.717, 1.165) is 31.3 Å². The van der Waals surface area contributed by atoms with E-state index in [9.17, 15) is 14.4 Å². The first-order valence-corrected chi connectivity index (χ1v) is 15.7. The lowest BCUT2D eigenvalue weighted by molar-refractivity contribution is -0.117. The highest BCUT2D eigenvalue weighted by molar-refractivity contribution is 6.30. The van der Waals surface area contributed by atoms with Gasteiger partial charge >= 0.3 is 6.09 Å². The molecule has 0 aliphatic carbocycles. The van der Waals surface area contributed by atoms with Crippen molar-refractivity contribution in [2.75, 3.05) is 22.8 Å². The van der Waals surface area contributed by atoms with Crippen molar-refractivity contribution in [1.29, 1.82) is 0 Å². The maximum atomic E-state index is 13.3. The van der Waals surface area contributed by atoms with E-state index in [1.807, 2.05) is 0 Å². The molecule has 2 bridgehead atoms. The van der Waals surface area contributed by atoms with Crippen LogP contribution < -0.4 is 32.6 Å². The summed E-state index contributed by atoms with van der Waals surface area (Å²) in [4.78, 5) is 46.2. The van der Waals surface area contributed by atoms with Gasteiger partial charge in [0.2, 0.25) is 11.8 Å². The summed E-state index contributed by atoms with van der Waals surface area (Å²) in [5, 5.41) is 13.8. The highest BCUT2D eigenvalue weighted by Crippen LogP contribution is 2.32. The minimum absolute atomic E-state index is 0.161. The number of hydrazone groups is 1. The number of hydrogen-bond acceptors (Lipinski definition) is 8. The molecule has 13 nitrogen and oxygen atoms in total. The van der Waals surface area contributed by atoms with Gasteiger partial charge < -0.3 is 26.2 Å². The van der Waals surface area contributed by atoms with Gasteiger partial charge in [0, 0.05) is 34.3 Å². The average molecular weight is 662 g/mol. The molecular formula is C33H40ClN9O4. The molecule has 1 atom stereocenters. The van der Waals surface area contributed by atoms with Crippen molar-refractivity contribution < 1.29 is 19.1 Å². The molecule has 1 aromatic heterocycles. The van der Waals surface area contributed by atoms with Gasteiger partial charge in [-0.25, -0.2) is 15.6 Å². The second kappa shape index (κ2) is 17.0. The van der Waals surface area contributed by atoms with Crippen molar-refractivity contribution in [2.45, 2.75) is 57.9 Å². The molecule has 0 fully saturated rings. The number of halogens is 1. The normalized spacial score (nSPS) is 16.2. The molecule has 0 saturated carbocycles. The lowest BCUT2D eigenvalue weighted by Gasteiger charge is -2.16. The zero-order valence-electron chi connectivity index (χ0n) is 26.4. The molecule has 47 heavy (non-hydrogen) atoms. The Morgan fingerprint density at radius 1 is 1.21 bits per heavy atom. The van der Waals surface area contributed by atoms with Crippen LogP contribution >= 0.6 is 11.6 Å². The number of rotatable bonds is 10. The minimum Gasteiger partial charge on any atom is -0.453 e. The molecule has 0 saturated heterocycles. The van der Waals surface area contributed by atoms with Gasteiger partial charge in [-0.05, 0) is 68.2 Å². The van der Waals surface area contributed by atoms with Crippen LogP contribution in [0.3, 0.4) is 0 Å². The Bertz CT molecular complexity index is 1670. The predicted molar refractivity (Wildman–Crippen MR) is 185 cm³/mol. The largest absolute Gasteiger partial charge is 0.453 e. The van der Waals surface area contributed by atoms with Crippen LogP contribution in [0.1, 0.15) is 69.3 Å². The van der Waals surface area contributed by atoms with Crippen LogP contribution in [0.15, 0.2) is 65.4 Å². The quantitative estimate of drug-likeness (QED) is 0.0290. The number of imidazole rings is 1. The number of ether oxygens (including phenoxy) is 1. The van der Waals surface area contributed by atoms with E-state index in [2.05, 4.69) is 44.0 Å². The third kappa shape index (κ3) is 9.92. The number of hydrazine groups is 1. The maximum Gasteiger partial charge on any atom is 0.411 e. The van der Waals surface area contributed by atoms with E-state index < -0.39 is 12.1 Å². The van der Waals surface area contributed by atoms with Gasteiger partial charge in [-0.2, -0.15) is 5.10 Å². The Morgan fingerprint density at radius 2 is 2.04 bits per heavy atom. The monoisotopic (exact) mass is 661 g/mol. The van der Waals surface area contributed by atoms with Gasteiger partial charge in [-0.3, -0.25) is 19.9 Å². The average Bonchev–Trinajstić information content (AvgIpc) is 3.54. The van der Waals surface area contributed by atoms with E-state index in [4.69, 9.17) is 28.0 Å². The second-order valence-corrected chi connectivity index (χ2v) is 11.4. The molecule has 8 N–H and O–H groups in total. The summed E-state index contributed by atoms with van der Waals surface area (Å²) in [5.41, 5.74) is 4.47. The topological polar surface area (TPSA) is 193 Å². The summed E-state index contributed by atoms with van der Waals surface area (Å²) < 4.78 is 4.71. The number of fused-ring (bicyclic) bond motifs is 4. The van der Waals surface area contributed by atoms with Gasteiger partial charge in [0.05, 0.1) is 36.4 Å². The van der Waals surface area contributed by atoms with E-state index >= 15 is 0 Å². The van der Waals surface area contributed by atoms with Crippen molar-refractivity contribution in [2.24, 2.45) is 16.8 Å². The number of amides is 3. The lowest BCUT2D eigenvalue weighted by Crippen LogP contribution is -2.30. The number of nitrogens with zero attached hydrogens (tertiary/aromatic N) is 3. The first-order chi connectivity index (χ1) is 22.7. The molecule has 3 aromatic rings. The number of aromatic amines is 1. The molecule has 2 aromatic carbocycles. The number of carbonyl (C=O) groups excluding carboxylic acids is 3. The number of carbonyl (C=O) groups is 3. The summed E-state index contributed by atoms with van der Waals surface area (Å²) in [5.74, 6) is 11.3. The summed E-state index contributed by atoms with van der Waals surface area (Å²) in [6.45, 7) is 2.14. The minimum atomic E-state index is -0.629. The summed E-state index contributed by atoms with van der Waals surface area (Å²) in [6.07, 6.45) is 12.6. The standard InChI is InChI=1S/C33H40ClN9O4/c1-3-4-5-6-21-7-13-26(40-31(45)16-9-22-17-23(34)10-14-29(22)43(36)20-38-35)32-37-19-28(42-32)25-12-11-24(39-33(46)47-2)18-27(25)41-30(44)15-8-21/h7,9-12,14,16-20,26H,3-6,8,13,15,35-36H2,1-2H3,(H,37,42)(H,39,46)(H,40,45)(H,41,44)/b16-9+,21-7+,38-20-/t26-/m0/s1. The zero-order chi connectivity index (χ0) is 33.8. The molecule has 0 spiro atoms. The number of H-pyrrole nitrogens is 1. The molecule has 1 aliphatic rings. The van der Waals surface area contributed by atoms with Gasteiger partial charge in [0.25, 0.3) is 0 Å². The summed E-state index contributed by atoms with van der Waals surface area (Å²) in [7, 11) is 1.28. The summed E-state index contributed by atoms with van der Waals surface area (Å²) in [6, 6.07) is 9.65. The third-order valence-electron chi connectivity index (χ3n) is 7.55. The molecule has 4 rings (SSSR count). The lowest BCUT2D eigenvalue weighted by atomic mass is 9.99. The van der Waals surface area contributed by atoms with Crippen LogP contribution in [0.5, 0.6) is 0 Å². The third-order valence-corrected chi connectivity index (χ3v) is 7.78.